The molecule has 0 radical (unpaired) electrons. The standard InChI is InChI=1S/C12H18N2S/c1-10-5-6-15-11(10)7-14(4)9-12(2,3)8-13/h5-6H,7,9H2,1-4H3. The Morgan fingerprint density at radius 1 is 1.53 bits per heavy atom. The van der Waals surface area contributed by atoms with E-state index in [0.29, 0.717) is 0 Å². The lowest BCUT2D eigenvalue weighted by Crippen LogP contribution is -2.29. The van der Waals surface area contributed by atoms with Gasteiger partial charge < -0.3 is 0 Å². The summed E-state index contributed by atoms with van der Waals surface area (Å²) in [6, 6.07) is 4.47. The van der Waals surface area contributed by atoms with Crippen LogP contribution in [0.15, 0.2) is 11.4 Å². The van der Waals surface area contributed by atoms with Gasteiger partial charge in [0.2, 0.25) is 0 Å². The minimum absolute atomic E-state index is 0.264. The van der Waals surface area contributed by atoms with E-state index in [2.05, 4.69) is 36.4 Å². The van der Waals surface area contributed by atoms with Crippen LogP contribution >= 0.6 is 11.3 Å². The van der Waals surface area contributed by atoms with Crippen LogP contribution in [0.1, 0.15) is 24.3 Å². The Hall–Kier alpha value is -0.850. The number of rotatable bonds is 4. The van der Waals surface area contributed by atoms with Gasteiger partial charge in [0.25, 0.3) is 0 Å². The molecule has 0 atom stereocenters. The van der Waals surface area contributed by atoms with Gasteiger partial charge in [0.1, 0.15) is 0 Å². The lowest BCUT2D eigenvalue weighted by atomic mass is 9.95. The molecule has 82 valence electrons. The third kappa shape index (κ3) is 3.65. The van der Waals surface area contributed by atoms with Crippen molar-refractivity contribution in [2.24, 2.45) is 5.41 Å². The van der Waals surface area contributed by atoms with Crippen LogP contribution in [0.5, 0.6) is 0 Å². The number of thiophene rings is 1. The smallest absolute Gasteiger partial charge is 0.0697 e. The summed E-state index contributed by atoms with van der Waals surface area (Å²) in [6.45, 7) is 7.83. The SMILES string of the molecule is Cc1ccsc1CN(C)CC(C)(C)C#N. The number of hydrogen-bond acceptors (Lipinski definition) is 3. The van der Waals surface area contributed by atoms with Crippen molar-refractivity contribution in [3.8, 4) is 6.07 Å². The highest BCUT2D eigenvalue weighted by Gasteiger charge is 2.19. The monoisotopic (exact) mass is 222 g/mol. The van der Waals surface area contributed by atoms with Gasteiger partial charge in [-0.3, -0.25) is 4.90 Å². The number of hydrogen-bond donors (Lipinski definition) is 0. The summed E-state index contributed by atoms with van der Waals surface area (Å²) in [7, 11) is 2.07. The van der Waals surface area contributed by atoms with Crippen LogP contribution in [0, 0.1) is 23.7 Å². The van der Waals surface area contributed by atoms with Crippen LogP contribution < -0.4 is 0 Å². The van der Waals surface area contributed by atoms with Crippen molar-refractivity contribution in [2.75, 3.05) is 13.6 Å². The highest BCUT2D eigenvalue weighted by atomic mass is 32.1. The first kappa shape index (κ1) is 12.2. The van der Waals surface area contributed by atoms with E-state index in [9.17, 15) is 0 Å². The first-order valence-electron chi connectivity index (χ1n) is 5.07. The maximum Gasteiger partial charge on any atom is 0.0697 e. The second kappa shape index (κ2) is 4.78. The van der Waals surface area contributed by atoms with E-state index in [-0.39, 0.29) is 5.41 Å². The molecule has 0 fully saturated rings. The normalized spacial score (nSPS) is 11.7. The van der Waals surface area contributed by atoms with Crippen molar-refractivity contribution >= 4 is 11.3 Å². The van der Waals surface area contributed by atoms with Gasteiger partial charge in [-0.2, -0.15) is 5.26 Å². The molecule has 0 aromatic carbocycles. The molecule has 0 aliphatic rings. The molecule has 0 bridgehead atoms. The highest BCUT2D eigenvalue weighted by molar-refractivity contribution is 7.10. The third-order valence-corrected chi connectivity index (χ3v) is 3.36. The molecule has 0 aliphatic carbocycles. The number of nitriles is 1. The van der Waals surface area contributed by atoms with E-state index >= 15 is 0 Å². The molecule has 0 N–H and O–H groups in total. The summed E-state index contributed by atoms with van der Waals surface area (Å²) in [5, 5.41) is 11.1. The van der Waals surface area contributed by atoms with Crippen molar-refractivity contribution in [3.05, 3.63) is 21.9 Å². The molecule has 15 heavy (non-hydrogen) atoms. The summed E-state index contributed by atoms with van der Waals surface area (Å²) >= 11 is 1.79. The van der Waals surface area contributed by atoms with Crippen LogP contribution in [0.3, 0.4) is 0 Å². The molecule has 2 nitrogen and oxygen atoms in total. The second-order valence-corrected chi connectivity index (χ2v) is 5.70. The summed E-state index contributed by atoms with van der Waals surface area (Å²) in [5.41, 5.74) is 1.08. The molecular formula is C12H18N2S. The predicted octanol–water partition coefficient (Wildman–Crippen LogP) is 3.04. The topological polar surface area (TPSA) is 27.0 Å². The molecule has 1 rings (SSSR count). The maximum absolute atomic E-state index is 8.95. The third-order valence-electron chi connectivity index (χ3n) is 2.35. The predicted molar refractivity (Wildman–Crippen MR) is 64.8 cm³/mol. The average molecular weight is 222 g/mol. The van der Waals surface area contributed by atoms with E-state index < -0.39 is 0 Å². The van der Waals surface area contributed by atoms with Gasteiger partial charge >= 0.3 is 0 Å². The fourth-order valence-corrected chi connectivity index (χ4v) is 2.56. The van der Waals surface area contributed by atoms with E-state index in [1.54, 1.807) is 11.3 Å². The van der Waals surface area contributed by atoms with Crippen LogP contribution in [0.2, 0.25) is 0 Å². The maximum atomic E-state index is 8.95. The molecule has 0 unspecified atom stereocenters. The van der Waals surface area contributed by atoms with Crippen LogP contribution in [0.4, 0.5) is 0 Å². The molecule has 0 spiro atoms. The van der Waals surface area contributed by atoms with E-state index in [1.807, 2.05) is 13.8 Å². The summed E-state index contributed by atoms with van der Waals surface area (Å²) in [4.78, 5) is 3.61. The first-order valence-corrected chi connectivity index (χ1v) is 5.95. The van der Waals surface area contributed by atoms with Crippen molar-refractivity contribution in [1.29, 1.82) is 5.26 Å². The molecule has 0 aliphatic heterocycles. The van der Waals surface area contributed by atoms with Crippen molar-refractivity contribution in [2.45, 2.75) is 27.3 Å². The van der Waals surface area contributed by atoms with Crippen LogP contribution in [0.25, 0.3) is 0 Å². The van der Waals surface area contributed by atoms with Gasteiger partial charge in [-0.25, -0.2) is 0 Å². The van der Waals surface area contributed by atoms with Crippen molar-refractivity contribution in [3.63, 3.8) is 0 Å². The lowest BCUT2D eigenvalue weighted by molar-refractivity contribution is 0.250. The molecular weight excluding hydrogens is 204 g/mol. The molecule has 1 aromatic rings. The Morgan fingerprint density at radius 2 is 2.20 bits per heavy atom. The van der Waals surface area contributed by atoms with Gasteiger partial charge in [0.05, 0.1) is 11.5 Å². The highest BCUT2D eigenvalue weighted by Crippen LogP contribution is 2.20. The Kier molecular flexibility index (Phi) is 3.90. The molecule has 0 amide bonds. The zero-order valence-electron chi connectivity index (χ0n) is 9.87. The first-order chi connectivity index (χ1) is 6.94. The van der Waals surface area contributed by atoms with E-state index in [0.717, 1.165) is 13.1 Å². The minimum Gasteiger partial charge on any atom is -0.300 e. The zero-order chi connectivity index (χ0) is 11.5. The Balaban J connectivity index is 2.55. The molecule has 1 aromatic heterocycles. The Bertz CT molecular complexity index is 360. The zero-order valence-corrected chi connectivity index (χ0v) is 10.7. The molecule has 0 saturated heterocycles. The van der Waals surface area contributed by atoms with Crippen LogP contribution in [-0.2, 0) is 6.54 Å². The van der Waals surface area contributed by atoms with Gasteiger partial charge in [-0.15, -0.1) is 11.3 Å². The second-order valence-electron chi connectivity index (χ2n) is 4.69. The number of aryl methyl sites for hydroxylation is 1. The van der Waals surface area contributed by atoms with E-state index in [4.69, 9.17) is 5.26 Å². The van der Waals surface area contributed by atoms with Crippen LogP contribution in [-0.4, -0.2) is 18.5 Å². The summed E-state index contributed by atoms with van der Waals surface area (Å²) < 4.78 is 0. The molecule has 0 saturated carbocycles. The fourth-order valence-electron chi connectivity index (χ4n) is 1.58. The summed E-state index contributed by atoms with van der Waals surface area (Å²) in [5.74, 6) is 0. The van der Waals surface area contributed by atoms with Gasteiger partial charge in [-0.05, 0) is 44.8 Å². The van der Waals surface area contributed by atoms with Gasteiger partial charge in [0.15, 0.2) is 0 Å². The quantitative estimate of drug-likeness (QED) is 0.783. The minimum atomic E-state index is -0.264. The average Bonchev–Trinajstić information content (AvgIpc) is 2.51. The molecule has 1 heterocycles. The number of nitrogens with zero attached hydrogens (tertiary/aromatic N) is 2. The van der Waals surface area contributed by atoms with Crippen molar-refractivity contribution < 1.29 is 0 Å². The Morgan fingerprint density at radius 3 is 2.67 bits per heavy atom. The molecule has 3 heteroatoms. The van der Waals surface area contributed by atoms with Gasteiger partial charge in [-0.1, -0.05) is 0 Å². The summed E-state index contributed by atoms with van der Waals surface area (Å²) in [6.07, 6.45) is 0. The Labute approximate surface area is 96.1 Å². The van der Waals surface area contributed by atoms with Gasteiger partial charge in [0, 0.05) is 18.0 Å². The fraction of sp³-hybridized carbons (Fsp3) is 0.583. The lowest BCUT2D eigenvalue weighted by Gasteiger charge is -2.24. The van der Waals surface area contributed by atoms with E-state index in [1.165, 1.54) is 10.4 Å². The van der Waals surface area contributed by atoms with Crippen molar-refractivity contribution in [1.82, 2.24) is 4.90 Å². The largest absolute Gasteiger partial charge is 0.300 e.